The zero-order valence-corrected chi connectivity index (χ0v) is 12.1. The SMILES string of the molecule is CCCOc1ccc(CC(C)N)c(C)c1C.Cl. The molecule has 1 aromatic rings. The van der Waals surface area contributed by atoms with E-state index >= 15 is 0 Å². The first-order valence-corrected chi connectivity index (χ1v) is 6.03. The maximum absolute atomic E-state index is 5.83. The predicted molar refractivity (Wildman–Crippen MR) is 76.3 cm³/mol. The molecule has 0 bridgehead atoms. The third kappa shape index (κ3) is 4.57. The summed E-state index contributed by atoms with van der Waals surface area (Å²) in [6.45, 7) is 9.20. The molecule has 0 aliphatic heterocycles. The second-order valence-electron chi connectivity index (χ2n) is 4.50. The normalized spacial score (nSPS) is 11.8. The van der Waals surface area contributed by atoms with Gasteiger partial charge in [0.2, 0.25) is 0 Å². The third-order valence-electron chi connectivity index (χ3n) is 2.85. The Balaban J connectivity index is 0.00000256. The summed E-state index contributed by atoms with van der Waals surface area (Å²) in [4.78, 5) is 0. The van der Waals surface area contributed by atoms with E-state index in [1.165, 1.54) is 16.7 Å². The minimum atomic E-state index is 0. The van der Waals surface area contributed by atoms with Crippen LogP contribution in [-0.4, -0.2) is 12.6 Å². The lowest BCUT2D eigenvalue weighted by Crippen LogP contribution is -2.18. The fraction of sp³-hybridized carbons (Fsp3) is 0.571. The van der Waals surface area contributed by atoms with Crippen LogP contribution in [0.3, 0.4) is 0 Å². The molecule has 2 nitrogen and oxygen atoms in total. The van der Waals surface area contributed by atoms with Gasteiger partial charge in [-0.05, 0) is 56.4 Å². The second kappa shape index (κ2) is 7.57. The molecule has 1 unspecified atom stereocenters. The van der Waals surface area contributed by atoms with Gasteiger partial charge in [0, 0.05) is 6.04 Å². The fourth-order valence-electron chi connectivity index (χ4n) is 1.79. The number of hydrogen-bond acceptors (Lipinski definition) is 2. The highest BCUT2D eigenvalue weighted by Gasteiger charge is 2.08. The number of benzene rings is 1. The van der Waals surface area contributed by atoms with Gasteiger partial charge in [-0.2, -0.15) is 0 Å². The largest absolute Gasteiger partial charge is 0.493 e. The molecule has 0 aromatic heterocycles. The summed E-state index contributed by atoms with van der Waals surface area (Å²) in [5, 5.41) is 0. The lowest BCUT2D eigenvalue weighted by Gasteiger charge is -2.15. The van der Waals surface area contributed by atoms with Crippen LogP contribution in [0.4, 0.5) is 0 Å². The van der Waals surface area contributed by atoms with Gasteiger partial charge in [-0.3, -0.25) is 0 Å². The van der Waals surface area contributed by atoms with Crippen molar-refractivity contribution >= 4 is 12.4 Å². The van der Waals surface area contributed by atoms with Crippen molar-refractivity contribution in [3.8, 4) is 5.75 Å². The number of rotatable bonds is 5. The van der Waals surface area contributed by atoms with Crippen molar-refractivity contribution < 1.29 is 4.74 Å². The van der Waals surface area contributed by atoms with Crippen molar-refractivity contribution in [1.29, 1.82) is 0 Å². The molecule has 0 aliphatic carbocycles. The Morgan fingerprint density at radius 3 is 2.41 bits per heavy atom. The molecule has 0 amide bonds. The topological polar surface area (TPSA) is 35.2 Å². The molecule has 0 fully saturated rings. The first kappa shape index (κ1) is 16.3. The predicted octanol–water partition coefficient (Wildman–Crippen LogP) is 3.40. The van der Waals surface area contributed by atoms with Gasteiger partial charge in [-0.25, -0.2) is 0 Å². The first-order valence-electron chi connectivity index (χ1n) is 6.03. The monoisotopic (exact) mass is 257 g/mol. The Hall–Kier alpha value is -0.730. The van der Waals surface area contributed by atoms with Gasteiger partial charge in [-0.1, -0.05) is 13.0 Å². The summed E-state index contributed by atoms with van der Waals surface area (Å²) >= 11 is 0. The molecule has 1 atom stereocenters. The van der Waals surface area contributed by atoms with Gasteiger partial charge in [0.25, 0.3) is 0 Å². The van der Waals surface area contributed by atoms with Gasteiger partial charge >= 0.3 is 0 Å². The Labute approximate surface area is 111 Å². The number of nitrogens with two attached hydrogens (primary N) is 1. The van der Waals surface area contributed by atoms with Gasteiger partial charge in [0.15, 0.2) is 0 Å². The van der Waals surface area contributed by atoms with Crippen LogP contribution in [0.25, 0.3) is 0 Å². The zero-order valence-electron chi connectivity index (χ0n) is 11.2. The molecule has 17 heavy (non-hydrogen) atoms. The summed E-state index contributed by atoms with van der Waals surface area (Å²) in [6.07, 6.45) is 1.97. The molecule has 0 aliphatic rings. The molecule has 0 spiro atoms. The molecule has 3 heteroatoms. The average molecular weight is 258 g/mol. The van der Waals surface area contributed by atoms with Crippen molar-refractivity contribution in [2.45, 2.75) is 46.6 Å². The Morgan fingerprint density at radius 1 is 1.24 bits per heavy atom. The van der Waals surface area contributed by atoms with Gasteiger partial charge in [0.1, 0.15) is 5.75 Å². The highest BCUT2D eigenvalue weighted by Crippen LogP contribution is 2.25. The van der Waals surface area contributed by atoms with E-state index in [4.69, 9.17) is 10.5 Å². The molecular formula is C14H24ClNO. The second-order valence-corrected chi connectivity index (χ2v) is 4.50. The Morgan fingerprint density at radius 2 is 1.88 bits per heavy atom. The van der Waals surface area contributed by atoms with Crippen LogP contribution in [0.15, 0.2) is 12.1 Å². The van der Waals surface area contributed by atoms with Crippen LogP contribution in [0, 0.1) is 13.8 Å². The Bertz CT molecular complexity index is 350. The standard InChI is InChI=1S/C14H23NO.ClH/c1-5-8-16-14-7-6-13(9-10(2)15)11(3)12(14)4;/h6-7,10H,5,8-9,15H2,1-4H3;1H. The summed E-state index contributed by atoms with van der Waals surface area (Å²) in [6, 6.07) is 4.41. The maximum atomic E-state index is 5.83. The van der Waals surface area contributed by atoms with Crippen molar-refractivity contribution in [3.63, 3.8) is 0 Å². The van der Waals surface area contributed by atoms with Crippen LogP contribution in [0.5, 0.6) is 5.75 Å². The highest BCUT2D eigenvalue weighted by atomic mass is 35.5. The van der Waals surface area contributed by atoms with E-state index in [1.54, 1.807) is 0 Å². The summed E-state index contributed by atoms with van der Waals surface area (Å²) < 4.78 is 5.70. The van der Waals surface area contributed by atoms with E-state index < -0.39 is 0 Å². The quantitative estimate of drug-likeness (QED) is 0.878. The van der Waals surface area contributed by atoms with E-state index in [0.717, 1.165) is 25.2 Å². The van der Waals surface area contributed by atoms with Crippen molar-refractivity contribution in [1.82, 2.24) is 0 Å². The molecule has 2 N–H and O–H groups in total. The molecule has 98 valence electrons. The molecule has 0 heterocycles. The highest BCUT2D eigenvalue weighted by molar-refractivity contribution is 5.85. The van der Waals surface area contributed by atoms with E-state index in [0.29, 0.717) is 0 Å². The van der Waals surface area contributed by atoms with E-state index in [2.05, 4.69) is 32.9 Å². The van der Waals surface area contributed by atoms with Crippen LogP contribution in [0.2, 0.25) is 0 Å². The first-order chi connectivity index (χ1) is 7.56. The van der Waals surface area contributed by atoms with Crippen molar-refractivity contribution in [2.24, 2.45) is 5.73 Å². The van der Waals surface area contributed by atoms with Crippen LogP contribution in [0.1, 0.15) is 37.0 Å². The fourth-order valence-corrected chi connectivity index (χ4v) is 1.79. The molecule has 1 rings (SSSR count). The molecule has 0 radical (unpaired) electrons. The molecular weight excluding hydrogens is 234 g/mol. The average Bonchev–Trinajstić information content (AvgIpc) is 2.23. The van der Waals surface area contributed by atoms with Gasteiger partial charge in [0.05, 0.1) is 6.61 Å². The molecule has 0 saturated carbocycles. The minimum absolute atomic E-state index is 0. The van der Waals surface area contributed by atoms with Crippen LogP contribution < -0.4 is 10.5 Å². The van der Waals surface area contributed by atoms with Crippen molar-refractivity contribution in [3.05, 3.63) is 28.8 Å². The minimum Gasteiger partial charge on any atom is -0.493 e. The lowest BCUT2D eigenvalue weighted by atomic mass is 9.98. The number of ether oxygens (including phenoxy) is 1. The van der Waals surface area contributed by atoms with E-state index in [1.807, 2.05) is 6.92 Å². The maximum Gasteiger partial charge on any atom is 0.122 e. The third-order valence-corrected chi connectivity index (χ3v) is 2.85. The van der Waals surface area contributed by atoms with Gasteiger partial charge < -0.3 is 10.5 Å². The summed E-state index contributed by atoms with van der Waals surface area (Å²) in [5.41, 5.74) is 9.71. The molecule has 0 saturated heterocycles. The number of halogens is 1. The lowest BCUT2D eigenvalue weighted by molar-refractivity contribution is 0.315. The van der Waals surface area contributed by atoms with E-state index in [9.17, 15) is 0 Å². The van der Waals surface area contributed by atoms with Crippen molar-refractivity contribution in [2.75, 3.05) is 6.61 Å². The summed E-state index contributed by atoms with van der Waals surface area (Å²) in [7, 11) is 0. The van der Waals surface area contributed by atoms with Crippen LogP contribution in [-0.2, 0) is 6.42 Å². The van der Waals surface area contributed by atoms with E-state index in [-0.39, 0.29) is 18.4 Å². The molecule has 1 aromatic carbocycles. The number of hydrogen-bond donors (Lipinski definition) is 1. The van der Waals surface area contributed by atoms with Crippen LogP contribution >= 0.6 is 12.4 Å². The zero-order chi connectivity index (χ0) is 12.1. The Kier molecular flexibility index (Phi) is 7.24. The summed E-state index contributed by atoms with van der Waals surface area (Å²) in [5.74, 6) is 1.01. The van der Waals surface area contributed by atoms with Gasteiger partial charge in [-0.15, -0.1) is 12.4 Å². The smallest absolute Gasteiger partial charge is 0.122 e.